The molecule has 0 amide bonds. The van der Waals surface area contributed by atoms with E-state index in [1.165, 1.54) is 0 Å². The Morgan fingerprint density at radius 2 is 0.682 bits per heavy atom. The number of ether oxygens (including phenoxy) is 6. The predicted octanol–water partition coefficient (Wildman–Crippen LogP) is 20.5. The zero-order valence-corrected chi connectivity index (χ0v) is 63.4. The molecule has 0 aliphatic carbocycles. The molecule has 9 heteroatoms. The van der Waals surface area contributed by atoms with Gasteiger partial charge in [0, 0.05) is 0 Å². The van der Waals surface area contributed by atoms with E-state index in [9.17, 15) is 14.4 Å². The third-order valence-corrected chi connectivity index (χ3v) is 25.0. The topological polar surface area (TPSA) is 116 Å². The molecule has 0 saturated carbocycles. The van der Waals surface area contributed by atoms with Gasteiger partial charge in [-0.1, -0.05) is 222 Å². The third-order valence-electron chi connectivity index (χ3n) is 25.0. The lowest BCUT2D eigenvalue weighted by molar-refractivity contribution is -0.184. The van der Waals surface area contributed by atoms with Crippen molar-refractivity contribution in [2.75, 3.05) is 13.2 Å². The fourth-order valence-electron chi connectivity index (χ4n) is 15.5. The third kappa shape index (κ3) is 18.3. The second-order valence-electron chi connectivity index (χ2n) is 41.1. The minimum absolute atomic E-state index is 0.0323. The molecular weight excluding hydrogens is 1060 g/mol. The van der Waals surface area contributed by atoms with Gasteiger partial charge >= 0.3 is 17.9 Å². The summed E-state index contributed by atoms with van der Waals surface area (Å²) in [7, 11) is 0. The molecule has 0 radical (unpaired) electrons. The highest BCUT2D eigenvalue weighted by Gasteiger charge is 2.64. The minimum Gasteiger partial charge on any atom is -0.461 e. The molecule has 3 rings (SSSR count). The van der Waals surface area contributed by atoms with Crippen LogP contribution in [0.15, 0.2) is 0 Å². The second-order valence-corrected chi connectivity index (χ2v) is 41.1. The molecule has 3 aliphatic heterocycles. The van der Waals surface area contributed by atoms with Gasteiger partial charge in [-0.05, 0) is 175 Å². The van der Waals surface area contributed by atoms with Crippen molar-refractivity contribution in [3.63, 3.8) is 0 Å². The molecule has 0 bridgehead atoms. The summed E-state index contributed by atoms with van der Waals surface area (Å²) in [6.07, 6.45) is 6.59. The molecule has 0 N–H and O–H groups in total. The molecule has 85 heavy (non-hydrogen) atoms. The van der Waals surface area contributed by atoms with Gasteiger partial charge in [-0.3, -0.25) is 14.4 Å². The van der Waals surface area contributed by atoms with Crippen molar-refractivity contribution in [1.29, 1.82) is 0 Å². The van der Waals surface area contributed by atoms with Crippen LogP contribution in [0, 0.1) is 98.0 Å². The van der Waals surface area contributed by atoms with Gasteiger partial charge in [-0.2, -0.15) is 0 Å². The summed E-state index contributed by atoms with van der Waals surface area (Å²) in [4.78, 5) is 44.3. The van der Waals surface area contributed by atoms with Crippen LogP contribution in [0.4, 0.5) is 0 Å². The Labute approximate surface area is 526 Å². The van der Waals surface area contributed by atoms with Gasteiger partial charge in [0.2, 0.25) is 0 Å². The monoisotopic (exact) mass is 1200 g/mol. The van der Waals surface area contributed by atoms with Crippen molar-refractivity contribution in [3.8, 4) is 0 Å². The van der Waals surface area contributed by atoms with Crippen molar-refractivity contribution < 1.29 is 42.8 Å². The molecule has 8 unspecified atom stereocenters. The van der Waals surface area contributed by atoms with E-state index in [4.69, 9.17) is 28.4 Å². The van der Waals surface area contributed by atoms with E-state index in [-0.39, 0.29) is 115 Å². The molecule has 3 heterocycles. The maximum atomic E-state index is 14.9. The fourth-order valence-corrected chi connectivity index (χ4v) is 15.5. The largest absolute Gasteiger partial charge is 0.461 e. The van der Waals surface area contributed by atoms with E-state index in [1.54, 1.807) is 0 Å². The van der Waals surface area contributed by atoms with Crippen molar-refractivity contribution in [1.82, 2.24) is 0 Å². The lowest BCUT2D eigenvalue weighted by Gasteiger charge is -2.50. The first-order valence-electron chi connectivity index (χ1n) is 33.6. The van der Waals surface area contributed by atoms with Gasteiger partial charge in [0.25, 0.3) is 0 Å². The van der Waals surface area contributed by atoms with E-state index in [1.807, 2.05) is 41.5 Å². The standard InChI is InChI=1S/C76H142O9/c1-49(39-60(2,3)4)63(11,12)40-51-56(83-51)74(33,34)76(37,38)75(35,36)59(79)81-44-50(82-58(78)65(15,16)48-71(27,28)73(31,32)55-53(85-55)42-67(19,20)69(23,24)46-62(8,9)10)43-80-57(77)64(13,14)47-70(25,26)72(29,30)54-52(84-54)41-66(17,18)68(21,22)45-61(5,6)7/h49-56H,39-48H2,1-38H3. The Kier molecular flexibility index (Phi) is 22.3. The summed E-state index contributed by atoms with van der Waals surface area (Å²) in [6, 6.07) is 0. The van der Waals surface area contributed by atoms with Crippen LogP contribution in [0.3, 0.4) is 0 Å². The van der Waals surface area contributed by atoms with Crippen LogP contribution < -0.4 is 0 Å². The highest BCUT2D eigenvalue weighted by atomic mass is 16.6. The normalized spacial score (nSPS) is 23.1. The Morgan fingerprint density at radius 3 is 1.02 bits per heavy atom. The van der Waals surface area contributed by atoms with Gasteiger partial charge in [0.05, 0.1) is 52.9 Å². The Hall–Kier alpha value is -1.71. The number of epoxide rings is 3. The molecule has 0 aromatic rings. The van der Waals surface area contributed by atoms with Crippen LogP contribution in [-0.2, 0) is 42.8 Å². The maximum absolute atomic E-state index is 14.9. The van der Waals surface area contributed by atoms with Crippen molar-refractivity contribution in [2.24, 2.45) is 98.0 Å². The first-order chi connectivity index (χ1) is 37.1. The van der Waals surface area contributed by atoms with Gasteiger partial charge in [0.1, 0.15) is 13.2 Å². The van der Waals surface area contributed by atoms with E-state index >= 15 is 0 Å². The number of esters is 3. The molecule has 0 spiro atoms. The maximum Gasteiger partial charge on any atom is 0.312 e. The van der Waals surface area contributed by atoms with Crippen LogP contribution in [0.25, 0.3) is 0 Å². The lowest BCUT2D eigenvalue weighted by atomic mass is 9.53. The van der Waals surface area contributed by atoms with E-state index in [2.05, 4.69) is 222 Å². The van der Waals surface area contributed by atoms with E-state index in [0.29, 0.717) is 18.8 Å². The SMILES string of the molecule is CC(CC(C)(C)C)C(C)(C)CC1OC1C(C)(C)C(C)(C)C(C)(C)C(=O)OCC(COC(=O)C(C)(C)CC(C)(C)C(C)(C)C1OC1CC(C)(C)C(C)(C)CC(C)(C)C)OC(=O)C(C)(C)CC(C)(C)C(C)(C)C1OC1CC(C)(C)C(C)(C)CC(C)(C)C. The number of carbonyl (C=O) groups is 3. The zero-order valence-electron chi connectivity index (χ0n) is 63.4. The Bertz CT molecular complexity index is 2290. The fraction of sp³-hybridized carbons (Fsp3) is 0.961. The average Bonchev–Trinajstić information content (AvgIpc) is 2.07. The summed E-state index contributed by atoms with van der Waals surface area (Å²) < 4.78 is 38.9. The molecule has 0 aromatic carbocycles. The number of hydrogen-bond donors (Lipinski definition) is 0. The Balaban J connectivity index is 1.89. The summed E-state index contributed by atoms with van der Waals surface area (Å²) in [5, 5.41) is 0. The lowest BCUT2D eigenvalue weighted by Crippen LogP contribution is -2.52. The molecule has 9 nitrogen and oxygen atoms in total. The molecule has 0 aromatic heterocycles. The Morgan fingerprint density at radius 1 is 0.365 bits per heavy atom. The molecular formula is C76H142O9. The summed E-state index contributed by atoms with van der Waals surface area (Å²) in [5.41, 5.74) is -4.12. The van der Waals surface area contributed by atoms with Gasteiger partial charge in [-0.25, -0.2) is 0 Å². The smallest absolute Gasteiger partial charge is 0.312 e. The minimum atomic E-state index is -1.06. The molecule has 3 aliphatic rings. The van der Waals surface area contributed by atoms with Gasteiger partial charge in [0.15, 0.2) is 6.10 Å². The van der Waals surface area contributed by atoms with Crippen LogP contribution in [0.2, 0.25) is 0 Å². The first kappa shape index (κ1) is 77.5. The van der Waals surface area contributed by atoms with Crippen LogP contribution in [0.1, 0.15) is 314 Å². The average molecular weight is 1200 g/mol. The van der Waals surface area contributed by atoms with Crippen molar-refractivity contribution in [2.45, 2.75) is 357 Å². The van der Waals surface area contributed by atoms with Gasteiger partial charge in [-0.15, -0.1) is 0 Å². The highest BCUT2D eigenvalue weighted by Crippen LogP contribution is 2.63. The quantitative estimate of drug-likeness (QED) is 0.0380. The molecule has 3 fully saturated rings. The van der Waals surface area contributed by atoms with E-state index < -0.39 is 51.1 Å². The van der Waals surface area contributed by atoms with Crippen LogP contribution in [-0.4, -0.2) is 73.8 Å². The highest BCUT2D eigenvalue weighted by molar-refractivity contribution is 5.78. The summed E-state index contributed by atoms with van der Waals surface area (Å²) in [5.74, 6) is -0.734. The van der Waals surface area contributed by atoms with Gasteiger partial charge < -0.3 is 28.4 Å². The summed E-state index contributed by atoms with van der Waals surface area (Å²) in [6.45, 7) is 85.0. The van der Waals surface area contributed by atoms with Crippen LogP contribution in [0.5, 0.6) is 0 Å². The molecule has 8 atom stereocenters. The number of rotatable bonds is 31. The van der Waals surface area contributed by atoms with E-state index in [0.717, 1.165) is 38.5 Å². The van der Waals surface area contributed by atoms with Crippen LogP contribution >= 0.6 is 0 Å². The molecule has 3 saturated heterocycles. The second kappa shape index (κ2) is 24.4. The summed E-state index contributed by atoms with van der Waals surface area (Å²) >= 11 is 0. The molecule has 500 valence electrons. The zero-order chi connectivity index (χ0) is 67.2. The number of carbonyl (C=O) groups excluding carboxylic acids is 3. The van der Waals surface area contributed by atoms with Crippen molar-refractivity contribution in [3.05, 3.63) is 0 Å². The number of hydrogen-bond acceptors (Lipinski definition) is 9. The first-order valence-corrected chi connectivity index (χ1v) is 33.6. The predicted molar refractivity (Wildman–Crippen MR) is 355 cm³/mol. The van der Waals surface area contributed by atoms with Crippen molar-refractivity contribution >= 4 is 17.9 Å².